The minimum atomic E-state index is -0.658. The van der Waals surface area contributed by atoms with E-state index in [1.807, 2.05) is 11.8 Å². The van der Waals surface area contributed by atoms with Gasteiger partial charge >= 0.3 is 0 Å². The fraction of sp³-hybridized carbons (Fsp3) is 0.889. The van der Waals surface area contributed by atoms with Crippen molar-refractivity contribution in [3.8, 4) is 0 Å². The van der Waals surface area contributed by atoms with Crippen molar-refractivity contribution in [1.82, 2.24) is 4.90 Å². The van der Waals surface area contributed by atoms with E-state index in [0.717, 1.165) is 0 Å². The van der Waals surface area contributed by atoms with Crippen LogP contribution in [0.15, 0.2) is 0 Å². The Morgan fingerprint density at radius 1 is 1.46 bits per heavy atom. The average Bonchev–Trinajstić information content (AvgIpc) is 2.31. The van der Waals surface area contributed by atoms with Gasteiger partial charge in [-0.25, -0.2) is 0 Å². The van der Waals surface area contributed by atoms with Gasteiger partial charge in [-0.2, -0.15) is 0 Å². The molecule has 3 unspecified atom stereocenters. The molecule has 4 nitrogen and oxygen atoms in total. The van der Waals surface area contributed by atoms with E-state index in [-0.39, 0.29) is 11.8 Å². The van der Waals surface area contributed by atoms with Crippen molar-refractivity contribution in [3.05, 3.63) is 0 Å². The summed E-state index contributed by atoms with van der Waals surface area (Å²) in [6, 6.07) is 0.115. The van der Waals surface area contributed by atoms with Gasteiger partial charge in [0.15, 0.2) is 0 Å². The summed E-state index contributed by atoms with van der Waals surface area (Å²) in [6.07, 6.45) is -0.830. The Bertz CT molecular complexity index is 185. The van der Waals surface area contributed by atoms with Crippen LogP contribution in [-0.4, -0.2) is 52.2 Å². The molecule has 3 atom stereocenters. The fourth-order valence-corrected chi connectivity index (χ4v) is 1.70. The van der Waals surface area contributed by atoms with Gasteiger partial charge in [0.05, 0.1) is 12.2 Å². The van der Waals surface area contributed by atoms with Gasteiger partial charge in [0.1, 0.15) is 5.78 Å². The van der Waals surface area contributed by atoms with E-state index in [1.54, 1.807) is 6.92 Å². The first-order chi connectivity index (χ1) is 6.00. The molecule has 0 aliphatic carbocycles. The molecule has 0 aromatic rings. The first-order valence-electron chi connectivity index (χ1n) is 4.60. The monoisotopic (exact) mass is 187 g/mol. The van der Waals surface area contributed by atoms with E-state index in [2.05, 4.69) is 0 Å². The standard InChI is InChI=1S/C9H17NO3/c1-6(3-7(2)11)10-4-8(12)9(13)5-10/h6,8-9,12-13H,3-5H2,1-2H3. The van der Waals surface area contributed by atoms with Gasteiger partial charge in [0, 0.05) is 25.6 Å². The molecule has 0 amide bonds. The predicted molar refractivity (Wildman–Crippen MR) is 48.3 cm³/mol. The summed E-state index contributed by atoms with van der Waals surface area (Å²) in [5, 5.41) is 18.5. The van der Waals surface area contributed by atoms with Crippen molar-refractivity contribution in [2.24, 2.45) is 0 Å². The zero-order valence-electron chi connectivity index (χ0n) is 8.10. The quantitative estimate of drug-likeness (QED) is 0.619. The van der Waals surface area contributed by atoms with E-state index in [0.29, 0.717) is 19.5 Å². The lowest BCUT2D eigenvalue weighted by atomic mass is 10.1. The lowest BCUT2D eigenvalue weighted by Crippen LogP contribution is -2.33. The Hall–Kier alpha value is -0.450. The zero-order chi connectivity index (χ0) is 10.0. The van der Waals surface area contributed by atoms with Gasteiger partial charge in [0.2, 0.25) is 0 Å². The normalized spacial score (nSPS) is 32.0. The van der Waals surface area contributed by atoms with E-state index in [1.165, 1.54) is 0 Å². The van der Waals surface area contributed by atoms with Gasteiger partial charge in [-0.1, -0.05) is 0 Å². The number of Topliss-reactive ketones (excluding diaryl/α,β-unsaturated/α-hetero) is 1. The molecule has 1 rings (SSSR count). The zero-order valence-corrected chi connectivity index (χ0v) is 8.10. The number of ketones is 1. The summed E-state index contributed by atoms with van der Waals surface area (Å²) in [4.78, 5) is 12.8. The number of aliphatic hydroxyl groups excluding tert-OH is 2. The number of nitrogens with zero attached hydrogens (tertiary/aromatic N) is 1. The molecule has 4 heteroatoms. The van der Waals surface area contributed by atoms with E-state index < -0.39 is 12.2 Å². The van der Waals surface area contributed by atoms with Gasteiger partial charge in [-0.15, -0.1) is 0 Å². The molecular formula is C9H17NO3. The molecule has 13 heavy (non-hydrogen) atoms. The summed E-state index contributed by atoms with van der Waals surface area (Å²) < 4.78 is 0. The number of aliphatic hydroxyl groups is 2. The first-order valence-corrected chi connectivity index (χ1v) is 4.60. The van der Waals surface area contributed by atoms with Crippen LogP contribution in [0.4, 0.5) is 0 Å². The molecule has 2 N–H and O–H groups in total. The summed E-state index contributed by atoms with van der Waals surface area (Å²) in [5.74, 6) is 0.142. The van der Waals surface area contributed by atoms with Crippen LogP contribution >= 0.6 is 0 Å². The number of β-amino-alcohol motifs (C(OH)–C–C–N with tert-alkyl or cyclic N) is 2. The average molecular weight is 187 g/mol. The number of likely N-dealkylation sites (tertiary alicyclic amines) is 1. The fourth-order valence-electron chi connectivity index (χ4n) is 1.70. The highest BCUT2D eigenvalue weighted by Crippen LogP contribution is 2.15. The van der Waals surface area contributed by atoms with Crippen molar-refractivity contribution in [2.75, 3.05) is 13.1 Å². The second-order valence-corrected chi connectivity index (χ2v) is 3.84. The molecule has 0 aromatic heterocycles. The highest BCUT2D eigenvalue weighted by atomic mass is 16.3. The number of hydrogen-bond donors (Lipinski definition) is 2. The van der Waals surface area contributed by atoms with Gasteiger partial charge in [-0.05, 0) is 13.8 Å². The Kier molecular flexibility index (Phi) is 3.41. The summed E-state index contributed by atoms with van der Waals surface area (Å²) in [6.45, 7) is 4.43. The van der Waals surface area contributed by atoms with Crippen LogP contribution in [0.25, 0.3) is 0 Å². The summed E-state index contributed by atoms with van der Waals surface area (Å²) in [5.41, 5.74) is 0. The molecule has 0 aromatic carbocycles. The lowest BCUT2D eigenvalue weighted by molar-refractivity contribution is -0.118. The van der Waals surface area contributed by atoms with Crippen molar-refractivity contribution in [3.63, 3.8) is 0 Å². The predicted octanol–water partition coefficient (Wildman–Crippen LogP) is -0.609. The third-order valence-electron chi connectivity index (χ3n) is 2.49. The number of hydrogen-bond acceptors (Lipinski definition) is 4. The number of rotatable bonds is 3. The van der Waals surface area contributed by atoms with Gasteiger partial charge in [-0.3, -0.25) is 9.69 Å². The molecule has 1 heterocycles. The van der Waals surface area contributed by atoms with Crippen LogP contribution < -0.4 is 0 Å². The van der Waals surface area contributed by atoms with Crippen LogP contribution in [0.1, 0.15) is 20.3 Å². The minimum absolute atomic E-state index is 0.115. The molecule has 1 fully saturated rings. The molecule has 0 bridgehead atoms. The molecule has 1 aliphatic heterocycles. The maximum Gasteiger partial charge on any atom is 0.131 e. The van der Waals surface area contributed by atoms with E-state index >= 15 is 0 Å². The molecule has 76 valence electrons. The number of carbonyl (C=O) groups is 1. The van der Waals surface area contributed by atoms with E-state index in [9.17, 15) is 15.0 Å². The third-order valence-corrected chi connectivity index (χ3v) is 2.49. The maximum atomic E-state index is 10.8. The molecular weight excluding hydrogens is 170 g/mol. The van der Waals surface area contributed by atoms with E-state index in [4.69, 9.17) is 0 Å². The third kappa shape index (κ3) is 2.76. The molecule has 1 saturated heterocycles. The van der Waals surface area contributed by atoms with Crippen LogP contribution in [0.2, 0.25) is 0 Å². The van der Waals surface area contributed by atoms with Crippen LogP contribution in [0.5, 0.6) is 0 Å². The highest BCUT2D eigenvalue weighted by Gasteiger charge is 2.32. The smallest absolute Gasteiger partial charge is 0.131 e. The summed E-state index contributed by atoms with van der Waals surface area (Å²) >= 11 is 0. The molecule has 1 aliphatic rings. The molecule has 0 spiro atoms. The second kappa shape index (κ2) is 4.17. The first kappa shape index (κ1) is 10.6. The van der Waals surface area contributed by atoms with Crippen LogP contribution in [-0.2, 0) is 4.79 Å². The van der Waals surface area contributed by atoms with Crippen molar-refractivity contribution < 1.29 is 15.0 Å². The second-order valence-electron chi connectivity index (χ2n) is 3.84. The topological polar surface area (TPSA) is 60.8 Å². The van der Waals surface area contributed by atoms with Crippen molar-refractivity contribution in [2.45, 2.75) is 38.5 Å². The van der Waals surface area contributed by atoms with Gasteiger partial charge in [0.25, 0.3) is 0 Å². The number of carbonyl (C=O) groups excluding carboxylic acids is 1. The molecule has 0 radical (unpaired) electrons. The SMILES string of the molecule is CC(=O)CC(C)N1CC(O)C(O)C1. The molecule has 0 saturated carbocycles. The minimum Gasteiger partial charge on any atom is -0.389 e. The van der Waals surface area contributed by atoms with Crippen LogP contribution in [0.3, 0.4) is 0 Å². The Morgan fingerprint density at radius 2 is 1.92 bits per heavy atom. The van der Waals surface area contributed by atoms with Crippen molar-refractivity contribution in [1.29, 1.82) is 0 Å². The largest absolute Gasteiger partial charge is 0.389 e. The Labute approximate surface area is 78.2 Å². The van der Waals surface area contributed by atoms with Gasteiger partial charge < -0.3 is 10.2 Å². The Morgan fingerprint density at radius 3 is 2.31 bits per heavy atom. The summed E-state index contributed by atoms with van der Waals surface area (Å²) in [7, 11) is 0. The Balaban J connectivity index is 2.41. The van der Waals surface area contributed by atoms with Crippen LogP contribution in [0, 0.1) is 0 Å². The lowest BCUT2D eigenvalue weighted by Gasteiger charge is -2.22. The highest BCUT2D eigenvalue weighted by molar-refractivity contribution is 5.76. The maximum absolute atomic E-state index is 10.8. The van der Waals surface area contributed by atoms with Crippen molar-refractivity contribution >= 4 is 5.78 Å².